The summed E-state index contributed by atoms with van der Waals surface area (Å²) in [4.78, 5) is 35.1. The number of hydrogen-bond donors (Lipinski definition) is 1. The van der Waals surface area contributed by atoms with E-state index in [0.717, 1.165) is 13.1 Å². The van der Waals surface area contributed by atoms with Crippen molar-refractivity contribution in [1.82, 2.24) is 14.9 Å². The standard InChI is InChI=1S/C16H17ClN6O3/c17-13-3-2-12(23(25)26)10-14(13)20-15(24)11-21-6-8-22(9-7-21)16-18-4-1-5-19-16/h1-5,10H,6-9,11H2,(H,20,24). The lowest BCUT2D eigenvalue weighted by atomic mass is 10.2. The van der Waals surface area contributed by atoms with E-state index < -0.39 is 4.92 Å². The summed E-state index contributed by atoms with van der Waals surface area (Å²) < 4.78 is 0. The predicted molar refractivity (Wildman–Crippen MR) is 97.4 cm³/mol. The maximum Gasteiger partial charge on any atom is 0.271 e. The highest BCUT2D eigenvalue weighted by Gasteiger charge is 2.21. The van der Waals surface area contributed by atoms with Gasteiger partial charge in [0, 0.05) is 50.7 Å². The zero-order valence-corrected chi connectivity index (χ0v) is 14.6. The molecule has 1 fully saturated rings. The molecule has 0 spiro atoms. The van der Waals surface area contributed by atoms with Crippen molar-refractivity contribution >= 4 is 34.8 Å². The number of aromatic nitrogens is 2. The van der Waals surface area contributed by atoms with Gasteiger partial charge < -0.3 is 10.2 Å². The first-order valence-corrected chi connectivity index (χ1v) is 8.39. The van der Waals surface area contributed by atoms with Crippen molar-refractivity contribution in [3.63, 3.8) is 0 Å². The number of carbonyl (C=O) groups excluding carboxylic acids is 1. The fraction of sp³-hybridized carbons (Fsp3) is 0.312. The van der Waals surface area contributed by atoms with Crippen molar-refractivity contribution in [3.8, 4) is 0 Å². The van der Waals surface area contributed by atoms with Crippen LogP contribution >= 0.6 is 11.6 Å². The Labute approximate surface area is 154 Å². The molecule has 1 aliphatic rings. The maximum absolute atomic E-state index is 12.2. The van der Waals surface area contributed by atoms with E-state index >= 15 is 0 Å². The van der Waals surface area contributed by atoms with Crippen LogP contribution in [0.2, 0.25) is 5.02 Å². The zero-order chi connectivity index (χ0) is 18.5. The minimum Gasteiger partial charge on any atom is -0.338 e. The molecular weight excluding hydrogens is 360 g/mol. The van der Waals surface area contributed by atoms with E-state index in [-0.39, 0.29) is 28.8 Å². The van der Waals surface area contributed by atoms with E-state index in [9.17, 15) is 14.9 Å². The summed E-state index contributed by atoms with van der Waals surface area (Å²) in [5.74, 6) is 0.414. The smallest absolute Gasteiger partial charge is 0.271 e. The van der Waals surface area contributed by atoms with Crippen LogP contribution in [0.1, 0.15) is 0 Å². The highest BCUT2D eigenvalue weighted by Crippen LogP contribution is 2.26. The Morgan fingerprint density at radius 3 is 2.58 bits per heavy atom. The molecule has 2 heterocycles. The number of nitrogens with one attached hydrogen (secondary N) is 1. The van der Waals surface area contributed by atoms with Gasteiger partial charge >= 0.3 is 0 Å². The molecule has 1 N–H and O–H groups in total. The Balaban J connectivity index is 1.53. The number of amides is 1. The van der Waals surface area contributed by atoms with Crippen molar-refractivity contribution in [2.24, 2.45) is 0 Å². The number of rotatable bonds is 5. The molecule has 0 saturated carbocycles. The third-order valence-corrected chi connectivity index (χ3v) is 4.34. The number of benzene rings is 1. The van der Waals surface area contributed by atoms with E-state index in [0.29, 0.717) is 19.0 Å². The molecule has 0 aliphatic carbocycles. The molecule has 0 radical (unpaired) electrons. The fourth-order valence-corrected chi connectivity index (χ4v) is 2.84. The Hall–Kier alpha value is -2.78. The number of carbonyl (C=O) groups is 1. The number of nitro benzene ring substituents is 1. The average Bonchev–Trinajstić information content (AvgIpc) is 2.64. The molecule has 0 unspecified atom stereocenters. The first-order chi connectivity index (χ1) is 12.5. The Bertz CT molecular complexity index is 796. The van der Waals surface area contributed by atoms with Crippen LogP contribution in [0.5, 0.6) is 0 Å². The van der Waals surface area contributed by atoms with Crippen molar-refractivity contribution in [2.45, 2.75) is 0 Å². The van der Waals surface area contributed by atoms with Crippen molar-refractivity contribution in [2.75, 3.05) is 42.9 Å². The molecule has 1 saturated heterocycles. The van der Waals surface area contributed by atoms with Gasteiger partial charge in [-0.05, 0) is 12.1 Å². The van der Waals surface area contributed by atoms with E-state index in [1.165, 1.54) is 18.2 Å². The number of nitrogens with zero attached hydrogens (tertiary/aromatic N) is 5. The normalized spacial score (nSPS) is 14.9. The molecule has 1 aromatic heterocycles. The second kappa shape index (κ2) is 8.07. The number of hydrogen-bond acceptors (Lipinski definition) is 7. The first-order valence-electron chi connectivity index (χ1n) is 8.01. The lowest BCUT2D eigenvalue weighted by molar-refractivity contribution is -0.384. The van der Waals surface area contributed by atoms with Crippen LogP contribution in [0.4, 0.5) is 17.3 Å². The van der Waals surface area contributed by atoms with Gasteiger partial charge in [0.2, 0.25) is 11.9 Å². The van der Waals surface area contributed by atoms with Crippen LogP contribution in [0.25, 0.3) is 0 Å². The van der Waals surface area contributed by atoms with Gasteiger partial charge in [-0.15, -0.1) is 0 Å². The van der Waals surface area contributed by atoms with E-state index in [1.54, 1.807) is 18.5 Å². The second-order valence-electron chi connectivity index (χ2n) is 5.78. The van der Waals surface area contributed by atoms with Crippen LogP contribution < -0.4 is 10.2 Å². The molecule has 1 amide bonds. The lowest BCUT2D eigenvalue weighted by Gasteiger charge is -2.34. The quantitative estimate of drug-likeness (QED) is 0.626. The summed E-state index contributed by atoms with van der Waals surface area (Å²) in [6.07, 6.45) is 3.40. The number of nitro groups is 1. The SMILES string of the molecule is O=C(CN1CCN(c2ncccn2)CC1)Nc1cc([N+](=O)[O-])ccc1Cl. The molecule has 9 nitrogen and oxygen atoms in total. The van der Waals surface area contributed by atoms with Crippen molar-refractivity contribution in [3.05, 3.63) is 51.8 Å². The molecule has 1 aromatic carbocycles. The largest absolute Gasteiger partial charge is 0.338 e. The van der Waals surface area contributed by atoms with Gasteiger partial charge in [-0.2, -0.15) is 0 Å². The molecule has 0 bridgehead atoms. The lowest BCUT2D eigenvalue weighted by Crippen LogP contribution is -2.49. The minimum atomic E-state index is -0.531. The minimum absolute atomic E-state index is 0.124. The zero-order valence-electron chi connectivity index (χ0n) is 13.8. The Morgan fingerprint density at radius 2 is 1.92 bits per heavy atom. The van der Waals surface area contributed by atoms with Crippen LogP contribution in [-0.2, 0) is 4.79 Å². The van der Waals surface area contributed by atoms with Gasteiger partial charge in [-0.1, -0.05) is 11.6 Å². The third-order valence-electron chi connectivity index (χ3n) is 4.01. The third kappa shape index (κ3) is 4.44. The molecule has 10 heteroatoms. The molecule has 26 heavy (non-hydrogen) atoms. The average molecular weight is 377 g/mol. The van der Waals surface area contributed by atoms with Crippen molar-refractivity contribution < 1.29 is 9.72 Å². The molecular formula is C16H17ClN6O3. The summed E-state index contributed by atoms with van der Waals surface area (Å²) in [5, 5.41) is 13.7. The van der Waals surface area contributed by atoms with E-state index in [2.05, 4.69) is 20.2 Å². The second-order valence-corrected chi connectivity index (χ2v) is 6.19. The van der Waals surface area contributed by atoms with Gasteiger partial charge in [-0.3, -0.25) is 19.8 Å². The topological polar surface area (TPSA) is 104 Å². The fourth-order valence-electron chi connectivity index (χ4n) is 2.68. The Morgan fingerprint density at radius 1 is 1.23 bits per heavy atom. The molecule has 136 valence electrons. The number of anilines is 2. The van der Waals surface area contributed by atoms with E-state index in [1.807, 2.05) is 4.90 Å². The monoisotopic (exact) mass is 376 g/mol. The Kier molecular flexibility index (Phi) is 5.59. The van der Waals surface area contributed by atoms with Crippen molar-refractivity contribution in [1.29, 1.82) is 0 Å². The molecule has 2 aromatic rings. The molecule has 3 rings (SSSR count). The highest BCUT2D eigenvalue weighted by molar-refractivity contribution is 6.33. The van der Waals surface area contributed by atoms with Crippen LogP contribution in [0, 0.1) is 10.1 Å². The highest BCUT2D eigenvalue weighted by atomic mass is 35.5. The van der Waals surface area contributed by atoms with Gasteiger partial charge in [0.15, 0.2) is 0 Å². The van der Waals surface area contributed by atoms with Crippen LogP contribution in [-0.4, -0.2) is 58.4 Å². The summed E-state index contributed by atoms with van der Waals surface area (Å²) in [7, 11) is 0. The summed E-state index contributed by atoms with van der Waals surface area (Å²) in [5.41, 5.74) is 0.114. The first kappa shape index (κ1) is 18.0. The maximum atomic E-state index is 12.2. The van der Waals surface area contributed by atoms with Gasteiger partial charge in [0.25, 0.3) is 5.69 Å². The van der Waals surface area contributed by atoms with Gasteiger partial charge in [0.1, 0.15) is 0 Å². The predicted octanol–water partition coefficient (Wildman–Crippen LogP) is 1.80. The molecule has 0 atom stereocenters. The van der Waals surface area contributed by atoms with E-state index in [4.69, 9.17) is 11.6 Å². The van der Waals surface area contributed by atoms with Crippen LogP contribution in [0.15, 0.2) is 36.7 Å². The number of non-ortho nitro benzene ring substituents is 1. The summed E-state index contributed by atoms with van der Waals surface area (Å²) in [6, 6.07) is 5.71. The summed E-state index contributed by atoms with van der Waals surface area (Å²) >= 11 is 6.00. The van der Waals surface area contributed by atoms with Gasteiger partial charge in [0.05, 0.1) is 22.2 Å². The van der Waals surface area contributed by atoms with Crippen LogP contribution in [0.3, 0.4) is 0 Å². The number of halogens is 1. The number of piperazine rings is 1. The van der Waals surface area contributed by atoms with Gasteiger partial charge in [-0.25, -0.2) is 9.97 Å². The summed E-state index contributed by atoms with van der Waals surface area (Å²) in [6.45, 7) is 2.99. The molecule has 1 aliphatic heterocycles.